The third-order valence-corrected chi connectivity index (χ3v) is 4.08. The van der Waals surface area contributed by atoms with Crippen molar-refractivity contribution in [1.82, 2.24) is 4.90 Å². The lowest BCUT2D eigenvalue weighted by Crippen LogP contribution is -2.36. The summed E-state index contributed by atoms with van der Waals surface area (Å²) in [5.41, 5.74) is 2.29. The van der Waals surface area contributed by atoms with Crippen molar-refractivity contribution in [3.8, 4) is 0 Å². The monoisotopic (exact) mass is 277 g/mol. The Balaban J connectivity index is 2.08. The number of carbonyl (C=O) groups is 1. The van der Waals surface area contributed by atoms with Gasteiger partial charge < -0.3 is 4.90 Å². The molecule has 2 aromatic carbocycles. The van der Waals surface area contributed by atoms with Crippen molar-refractivity contribution in [2.75, 3.05) is 0 Å². The van der Waals surface area contributed by atoms with Gasteiger partial charge in [0.1, 0.15) is 0 Å². The molecule has 1 atom stereocenters. The van der Waals surface area contributed by atoms with Gasteiger partial charge in [-0.2, -0.15) is 0 Å². The van der Waals surface area contributed by atoms with E-state index in [0.29, 0.717) is 6.42 Å². The number of hydrogen-bond acceptors (Lipinski definition) is 1. The van der Waals surface area contributed by atoms with Crippen LogP contribution in [0, 0.1) is 0 Å². The molecule has 3 rings (SSSR count). The summed E-state index contributed by atoms with van der Waals surface area (Å²) in [5.74, 6) is 0.206. The van der Waals surface area contributed by atoms with Gasteiger partial charge in [-0.25, -0.2) is 0 Å². The van der Waals surface area contributed by atoms with Crippen molar-refractivity contribution in [2.45, 2.75) is 24.9 Å². The molecule has 0 unspecified atom stereocenters. The third-order valence-electron chi connectivity index (χ3n) is 4.08. The van der Waals surface area contributed by atoms with Crippen LogP contribution in [-0.2, 0) is 4.79 Å². The van der Waals surface area contributed by atoms with Gasteiger partial charge in [-0.1, -0.05) is 66.7 Å². The van der Waals surface area contributed by atoms with Gasteiger partial charge in [0.25, 0.3) is 0 Å². The predicted octanol–water partition coefficient (Wildman–Crippen LogP) is 3.95. The zero-order valence-electron chi connectivity index (χ0n) is 12.0. The zero-order valence-corrected chi connectivity index (χ0v) is 12.0. The van der Waals surface area contributed by atoms with E-state index in [-0.39, 0.29) is 18.0 Å². The molecular formula is C19H19NO. The quantitative estimate of drug-likeness (QED) is 0.775. The number of hydrogen-bond donors (Lipinski definition) is 0. The van der Waals surface area contributed by atoms with Gasteiger partial charge in [-0.15, -0.1) is 6.58 Å². The second kappa shape index (κ2) is 5.96. The molecule has 2 aromatic rings. The van der Waals surface area contributed by atoms with Crippen molar-refractivity contribution in [3.63, 3.8) is 0 Å². The summed E-state index contributed by atoms with van der Waals surface area (Å²) in [5, 5.41) is 0. The van der Waals surface area contributed by atoms with Crippen molar-refractivity contribution in [3.05, 3.63) is 84.4 Å². The van der Waals surface area contributed by atoms with Crippen molar-refractivity contribution in [1.29, 1.82) is 0 Å². The van der Waals surface area contributed by atoms with Crippen molar-refractivity contribution < 1.29 is 4.79 Å². The molecule has 2 heteroatoms. The van der Waals surface area contributed by atoms with Crippen LogP contribution in [0.4, 0.5) is 0 Å². The van der Waals surface area contributed by atoms with Crippen LogP contribution in [-0.4, -0.2) is 16.8 Å². The molecule has 0 aromatic heterocycles. The molecular weight excluding hydrogens is 258 g/mol. The summed E-state index contributed by atoms with van der Waals surface area (Å²) >= 11 is 0. The minimum atomic E-state index is -0.0367. The fourth-order valence-electron chi connectivity index (χ4n) is 3.08. The Bertz CT molecular complexity index is 581. The Morgan fingerprint density at radius 2 is 1.52 bits per heavy atom. The lowest BCUT2D eigenvalue weighted by Gasteiger charge is -2.33. The van der Waals surface area contributed by atoms with Crippen LogP contribution in [0.1, 0.15) is 30.0 Å². The Morgan fingerprint density at radius 3 is 2.00 bits per heavy atom. The molecule has 0 N–H and O–H groups in total. The lowest BCUT2D eigenvalue weighted by atomic mass is 9.96. The lowest BCUT2D eigenvalue weighted by molar-refractivity contribution is -0.130. The van der Waals surface area contributed by atoms with Crippen LogP contribution in [0.5, 0.6) is 0 Å². The van der Waals surface area contributed by atoms with Crippen LogP contribution in [0.25, 0.3) is 0 Å². The molecule has 1 amide bonds. The highest BCUT2D eigenvalue weighted by Gasteiger charge is 2.35. The normalized spacial score (nSPS) is 18.2. The minimum Gasteiger partial charge on any atom is -0.325 e. The van der Waals surface area contributed by atoms with E-state index in [1.165, 1.54) is 0 Å². The second-order valence-corrected chi connectivity index (χ2v) is 5.37. The Kier molecular flexibility index (Phi) is 3.87. The number of amides is 1. The molecule has 1 saturated heterocycles. The van der Waals surface area contributed by atoms with E-state index in [1.54, 1.807) is 0 Å². The van der Waals surface area contributed by atoms with Gasteiger partial charge in [0.2, 0.25) is 5.91 Å². The number of benzene rings is 2. The Morgan fingerprint density at radius 1 is 1.00 bits per heavy atom. The molecule has 2 nitrogen and oxygen atoms in total. The first kappa shape index (κ1) is 13.6. The van der Waals surface area contributed by atoms with Crippen LogP contribution >= 0.6 is 0 Å². The predicted molar refractivity (Wildman–Crippen MR) is 84.8 cm³/mol. The van der Waals surface area contributed by atoms with Gasteiger partial charge in [0, 0.05) is 6.42 Å². The maximum atomic E-state index is 12.4. The largest absolute Gasteiger partial charge is 0.325 e. The smallest absolute Gasteiger partial charge is 0.223 e. The number of likely N-dealkylation sites (tertiary alicyclic amines) is 1. The summed E-state index contributed by atoms with van der Waals surface area (Å²) in [6.07, 6.45) is 3.36. The molecule has 1 heterocycles. The van der Waals surface area contributed by atoms with E-state index in [0.717, 1.165) is 17.5 Å². The highest BCUT2D eigenvalue weighted by Crippen LogP contribution is 2.35. The van der Waals surface area contributed by atoms with E-state index in [2.05, 4.69) is 30.8 Å². The fraction of sp³-hybridized carbons (Fsp3) is 0.211. The molecule has 0 bridgehead atoms. The minimum absolute atomic E-state index is 0.0367. The van der Waals surface area contributed by atoms with Gasteiger partial charge in [0.15, 0.2) is 0 Å². The molecule has 0 saturated carbocycles. The first-order valence-corrected chi connectivity index (χ1v) is 7.35. The summed E-state index contributed by atoms with van der Waals surface area (Å²) in [7, 11) is 0. The first-order chi connectivity index (χ1) is 10.3. The first-order valence-electron chi connectivity index (χ1n) is 7.35. The van der Waals surface area contributed by atoms with E-state index < -0.39 is 0 Å². The van der Waals surface area contributed by atoms with Crippen LogP contribution in [0.2, 0.25) is 0 Å². The van der Waals surface area contributed by atoms with Crippen molar-refractivity contribution >= 4 is 5.91 Å². The second-order valence-electron chi connectivity index (χ2n) is 5.37. The zero-order chi connectivity index (χ0) is 14.7. The SMILES string of the molecule is C=C[C@@H]1CCC(=O)N1C(c1ccccc1)c1ccccc1. The highest BCUT2D eigenvalue weighted by molar-refractivity contribution is 5.80. The summed E-state index contributed by atoms with van der Waals surface area (Å²) in [6.45, 7) is 3.90. The Hall–Kier alpha value is -2.35. The highest BCUT2D eigenvalue weighted by atomic mass is 16.2. The fourth-order valence-corrected chi connectivity index (χ4v) is 3.08. The maximum absolute atomic E-state index is 12.4. The number of nitrogens with zero attached hydrogens (tertiary/aromatic N) is 1. The van der Waals surface area contributed by atoms with E-state index >= 15 is 0 Å². The summed E-state index contributed by atoms with van der Waals surface area (Å²) in [4.78, 5) is 14.4. The molecule has 1 fully saturated rings. The average molecular weight is 277 g/mol. The summed E-state index contributed by atoms with van der Waals surface area (Å²) in [6, 6.07) is 20.5. The molecule has 106 valence electrons. The van der Waals surface area contributed by atoms with Crippen LogP contribution in [0.3, 0.4) is 0 Å². The molecule has 1 aliphatic heterocycles. The Labute approximate surface area is 125 Å². The molecule has 1 aliphatic rings. The summed E-state index contributed by atoms with van der Waals surface area (Å²) < 4.78 is 0. The molecule has 0 aliphatic carbocycles. The van der Waals surface area contributed by atoms with E-state index in [1.807, 2.05) is 47.4 Å². The van der Waals surface area contributed by atoms with E-state index in [9.17, 15) is 4.79 Å². The molecule has 0 radical (unpaired) electrons. The standard InChI is InChI=1S/C19H19NO/c1-2-17-13-14-18(21)20(17)19(15-9-5-3-6-10-15)16-11-7-4-8-12-16/h2-12,17,19H,1,13-14H2/t17-/m1/s1. The van der Waals surface area contributed by atoms with Gasteiger partial charge in [-0.05, 0) is 17.5 Å². The van der Waals surface area contributed by atoms with E-state index in [4.69, 9.17) is 0 Å². The maximum Gasteiger partial charge on any atom is 0.223 e. The van der Waals surface area contributed by atoms with Crippen LogP contribution < -0.4 is 0 Å². The van der Waals surface area contributed by atoms with Gasteiger partial charge >= 0.3 is 0 Å². The third kappa shape index (κ3) is 2.62. The molecule has 21 heavy (non-hydrogen) atoms. The van der Waals surface area contributed by atoms with Crippen molar-refractivity contribution in [2.24, 2.45) is 0 Å². The van der Waals surface area contributed by atoms with Crippen LogP contribution in [0.15, 0.2) is 73.3 Å². The van der Waals surface area contributed by atoms with Gasteiger partial charge in [0.05, 0.1) is 12.1 Å². The van der Waals surface area contributed by atoms with Gasteiger partial charge in [-0.3, -0.25) is 4.79 Å². The molecule has 0 spiro atoms. The number of carbonyl (C=O) groups excluding carboxylic acids is 1. The topological polar surface area (TPSA) is 20.3 Å². The average Bonchev–Trinajstić information content (AvgIpc) is 2.91. The number of rotatable bonds is 4.